The van der Waals surface area contributed by atoms with E-state index in [1.807, 2.05) is 14.0 Å². The van der Waals surface area contributed by atoms with Crippen molar-refractivity contribution in [1.29, 1.82) is 0 Å². The largest absolute Gasteiger partial charge is 0.416 e. The molecule has 1 aromatic heterocycles. The number of carbonyl (C=O) groups is 1. The van der Waals surface area contributed by atoms with Crippen LogP contribution in [0.15, 0.2) is 40.7 Å². The van der Waals surface area contributed by atoms with Crippen molar-refractivity contribution in [1.82, 2.24) is 10.3 Å². The van der Waals surface area contributed by atoms with E-state index >= 15 is 0 Å². The van der Waals surface area contributed by atoms with E-state index in [2.05, 4.69) is 15.7 Å². The van der Waals surface area contributed by atoms with Crippen LogP contribution in [0.2, 0.25) is 0 Å². The highest BCUT2D eigenvalue weighted by Gasteiger charge is 2.33. The van der Waals surface area contributed by atoms with E-state index in [1.54, 1.807) is 17.1 Å². The van der Waals surface area contributed by atoms with Crippen LogP contribution in [0.3, 0.4) is 0 Å². The van der Waals surface area contributed by atoms with Gasteiger partial charge < -0.3 is 11.1 Å². The lowest BCUT2D eigenvalue weighted by atomic mass is 9.99. The molecule has 0 radical (unpaired) electrons. The zero-order chi connectivity index (χ0) is 21.2. The number of aryl methyl sites for hydroxylation is 1. The number of carbonyl (C=O) groups excluding carboxylic acids is 1. The fraction of sp³-hybridized carbons (Fsp3) is 0.421. The van der Waals surface area contributed by atoms with E-state index in [1.165, 1.54) is 23.5 Å². The molecule has 0 saturated carbocycles. The molecule has 1 aliphatic heterocycles. The molecule has 6 nitrogen and oxygen atoms in total. The van der Waals surface area contributed by atoms with Crippen LogP contribution < -0.4 is 11.1 Å². The van der Waals surface area contributed by atoms with Gasteiger partial charge >= 0.3 is 6.18 Å². The number of thiophene rings is 1. The van der Waals surface area contributed by atoms with Gasteiger partial charge in [-0.1, -0.05) is 23.4 Å². The van der Waals surface area contributed by atoms with Crippen LogP contribution in [-0.4, -0.2) is 37.1 Å². The summed E-state index contributed by atoms with van der Waals surface area (Å²) in [6.07, 6.45) is -4.46. The summed E-state index contributed by atoms with van der Waals surface area (Å²) >= 11 is 1.33. The van der Waals surface area contributed by atoms with Crippen LogP contribution in [0, 0.1) is 6.92 Å². The molecule has 156 valence electrons. The van der Waals surface area contributed by atoms with E-state index in [-0.39, 0.29) is 30.5 Å². The molecule has 10 heteroatoms. The van der Waals surface area contributed by atoms with Crippen LogP contribution in [0.25, 0.3) is 0 Å². The molecule has 1 unspecified atom stereocenters. The number of amides is 1. The molecule has 0 aliphatic carbocycles. The SMILES string of the molecule is Cc1sc(C(=O)N[C@H](CN)Cc2ccccc2C(F)(F)F)cc1C1CN=NN1C. The summed E-state index contributed by atoms with van der Waals surface area (Å²) in [5.41, 5.74) is 6.10. The molecule has 0 spiro atoms. The fourth-order valence-electron chi connectivity index (χ4n) is 3.32. The number of nitrogens with one attached hydrogen (secondary N) is 1. The number of hydrogen-bond acceptors (Lipinski definition) is 6. The monoisotopic (exact) mass is 425 g/mol. The van der Waals surface area contributed by atoms with Gasteiger partial charge in [-0.15, -0.1) is 11.3 Å². The second kappa shape index (κ2) is 8.50. The third kappa shape index (κ3) is 4.76. The Hall–Kier alpha value is -2.46. The second-order valence-electron chi connectivity index (χ2n) is 6.89. The molecule has 3 rings (SSSR count). The molecule has 2 aromatic rings. The van der Waals surface area contributed by atoms with E-state index in [0.29, 0.717) is 11.4 Å². The molecule has 2 heterocycles. The standard InChI is InChI=1S/C19H22F3N5OS/c1-11-14(16-10-24-26-27(16)2)8-17(29-11)18(28)25-13(9-23)7-12-5-3-4-6-15(12)19(20,21)22/h3-6,8,13,16H,7,9-10,23H2,1-2H3,(H,25,28)/t13-,16?/m0/s1. The quantitative estimate of drug-likeness (QED) is 0.740. The molecule has 3 N–H and O–H groups in total. The first-order valence-corrected chi connectivity index (χ1v) is 9.89. The molecule has 29 heavy (non-hydrogen) atoms. The first-order chi connectivity index (χ1) is 13.7. The maximum atomic E-state index is 13.2. The lowest BCUT2D eigenvalue weighted by Gasteiger charge is -2.19. The highest BCUT2D eigenvalue weighted by Crippen LogP contribution is 2.34. The summed E-state index contributed by atoms with van der Waals surface area (Å²) in [6.45, 7) is 2.47. The van der Waals surface area contributed by atoms with Crippen molar-refractivity contribution in [2.45, 2.75) is 31.6 Å². The number of likely N-dealkylation sites (N-methyl/N-ethyl adjacent to an activating group) is 1. The topological polar surface area (TPSA) is 83.1 Å². The normalized spacial score (nSPS) is 17.6. The van der Waals surface area contributed by atoms with Crippen LogP contribution >= 0.6 is 11.3 Å². The second-order valence-corrected chi connectivity index (χ2v) is 8.15. The van der Waals surface area contributed by atoms with Crippen molar-refractivity contribution in [2.24, 2.45) is 16.1 Å². The fourth-order valence-corrected chi connectivity index (χ4v) is 4.30. The van der Waals surface area contributed by atoms with Gasteiger partial charge in [-0.25, -0.2) is 0 Å². The first kappa shape index (κ1) is 21.3. The zero-order valence-corrected chi connectivity index (χ0v) is 16.8. The van der Waals surface area contributed by atoms with Crippen molar-refractivity contribution in [3.63, 3.8) is 0 Å². The Morgan fingerprint density at radius 1 is 1.41 bits per heavy atom. The molecule has 1 aliphatic rings. The Bertz CT molecular complexity index is 911. The number of halogens is 3. The third-order valence-electron chi connectivity index (χ3n) is 4.86. The molecule has 1 amide bonds. The molecule has 0 saturated heterocycles. The summed E-state index contributed by atoms with van der Waals surface area (Å²) in [5, 5.41) is 12.5. The van der Waals surface area contributed by atoms with Gasteiger partial charge in [-0.3, -0.25) is 9.80 Å². The predicted octanol–water partition coefficient (Wildman–Crippen LogP) is 3.73. The van der Waals surface area contributed by atoms with Gasteiger partial charge in [0.25, 0.3) is 5.91 Å². The first-order valence-electron chi connectivity index (χ1n) is 9.07. The van der Waals surface area contributed by atoms with Crippen molar-refractivity contribution in [3.05, 3.63) is 56.8 Å². The van der Waals surface area contributed by atoms with Gasteiger partial charge in [-0.05, 0) is 36.6 Å². The van der Waals surface area contributed by atoms with Gasteiger partial charge in [0, 0.05) is 24.5 Å². The summed E-state index contributed by atoms with van der Waals surface area (Å²) in [4.78, 5) is 14.2. The minimum Gasteiger partial charge on any atom is -0.347 e. The summed E-state index contributed by atoms with van der Waals surface area (Å²) in [6, 6.07) is 6.50. The average molecular weight is 425 g/mol. The Labute approximate surface area is 170 Å². The summed E-state index contributed by atoms with van der Waals surface area (Å²) in [5.74, 6) is -0.348. The summed E-state index contributed by atoms with van der Waals surface area (Å²) < 4.78 is 39.7. The van der Waals surface area contributed by atoms with Gasteiger partial charge in [0.05, 0.1) is 23.0 Å². The average Bonchev–Trinajstić information content (AvgIpc) is 3.25. The molecule has 0 bridgehead atoms. The lowest BCUT2D eigenvalue weighted by molar-refractivity contribution is -0.138. The van der Waals surface area contributed by atoms with Gasteiger partial charge in [-0.2, -0.15) is 18.3 Å². The molecular weight excluding hydrogens is 403 g/mol. The van der Waals surface area contributed by atoms with E-state index in [9.17, 15) is 18.0 Å². The Kier molecular flexibility index (Phi) is 6.23. The van der Waals surface area contributed by atoms with Gasteiger partial charge in [0.2, 0.25) is 0 Å². The van der Waals surface area contributed by atoms with Crippen molar-refractivity contribution >= 4 is 17.2 Å². The van der Waals surface area contributed by atoms with Crippen molar-refractivity contribution in [2.75, 3.05) is 20.1 Å². The summed E-state index contributed by atoms with van der Waals surface area (Å²) in [7, 11) is 1.82. The number of rotatable bonds is 6. The predicted molar refractivity (Wildman–Crippen MR) is 105 cm³/mol. The highest BCUT2D eigenvalue weighted by atomic mass is 32.1. The number of nitrogens with zero attached hydrogens (tertiary/aromatic N) is 3. The Balaban J connectivity index is 1.73. The number of alkyl halides is 3. The maximum Gasteiger partial charge on any atom is 0.416 e. The minimum atomic E-state index is -4.46. The Morgan fingerprint density at radius 2 is 2.14 bits per heavy atom. The molecule has 1 aromatic carbocycles. The van der Waals surface area contributed by atoms with Crippen LogP contribution in [0.5, 0.6) is 0 Å². The third-order valence-corrected chi connectivity index (χ3v) is 5.92. The smallest absolute Gasteiger partial charge is 0.347 e. The van der Waals surface area contributed by atoms with Crippen LogP contribution in [0.1, 0.15) is 37.3 Å². The maximum absolute atomic E-state index is 13.2. The number of hydrogen-bond donors (Lipinski definition) is 2. The van der Waals surface area contributed by atoms with Gasteiger partial charge in [0.15, 0.2) is 0 Å². The molecule has 2 atom stereocenters. The molecule has 0 fully saturated rings. The van der Waals surface area contributed by atoms with Crippen LogP contribution in [-0.2, 0) is 12.6 Å². The number of nitrogens with two attached hydrogens (primary N) is 1. The minimum absolute atomic E-state index is 0.00173. The van der Waals surface area contributed by atoms with E-state index in [0.717, 1.165) is 16.5 Å². The van der Waals surface area contributed by atoms with Crippen molar-refractivity contribution < 1.29 is 18.0 Å². The Morgan fingerprint density at radius 3 is 2.76 bits per heavy atom. The lowest BCUT2D eigenvalue weighted by Crippen LogP contribution is -2.41. The van der Waals surface area contributed by atoms with E-state index in [4.69, 9.17) is 5.73 Å². The van der Waals surface area contributed by atoms with E-state index < -0.39 is 17.8 Å². The highest BCUT2D eigenvalue weighted by molar-refractivity contribution is 7.14. The van der Waals surface area contributed by atoms with Crippen molar-refractivity contribution in [3.8, 4) is 0 Å². The van der Waals surface area contributed by atoms with Gasteiger partial charge in [0.1, 0.15) is 0 Å². The number of benzene rings is 1. The van der Waals surface area contributed by atoms with Crippen LogP contribution in [0.4, 0.5) is 13.2 Å². The molecular formula is C19H22F3N5OS. The zero-order valence-electron chi connectivity index (χ0n) is 16.0.